The predicted molar refractivity (Wildman–Crippen MR) is 91.9 cm³/mol. The maximum Gasteiger partial charge on any atom is 0.237 e. The van der Waals surface area contributed by atoms with E-state index in [1.54, 1.807) is 0 Å². The summed E-state index contributed by atoms with van der Waals surface area (Å²) in [6, 6.07) is 0.464. The molecule has 2 aliphatic carbocycles. The van der Waals surface area contributed by atoms with Crippen LogP contribution in [0.1, 0.15) is 32.1 Å². The number of carbonyl (C=O) groups is 1. The molecule has 2 saturated carbocycles. The number of carbonyl (C=O) groups excluding carboxylic acids is 1. The van der Waals surface area contributed by atoms with E-state index in [0.29, 0.717) is 44.7 Å². The third kappa shape index (κ3) is 3.35. The number of hydrogen-bond acceptors (Lipinski definition) is 4. The summed E-state index contributed by atoms with van der Waals surface area (Å²) >= 11 is 0. The maximum absolute atomic E-state index is 12.9. The van der Waals surface area contributed by atoms with Crippen LogP contribution in [-0.2, 0) is 14.8 Å². The highest BCUT2D eigenvalue weighted by Crippen LogP contribution is 2.47. The molecular weight excluding hydrogens is 326 g/mol. The Bertz CT molecular complexity index is 586. The molecule has 0 spiro atoms. The van der Waals surface area contributed by atoms with Crippen molar-refractivity contribution in [3.05, 3.63) is 0 Å². The van der Waals surface area contributed by atoms with Crippen molar-refractivity contribution in [3.8, 4) is 0 Å². The minimum absolute atomic E-state index is 0.265. The molecule has 0 aromatic carbocycles. The lowest BCUT2D eigenvalue weighted by Gasteiger charge is -2.39. The van der Waals surface area contributed by atoms with Crippen LogP contribution in [0.25, 0.3) is 0 Å². The van der Waals surface area contributed by atoms with Crippen molar-refractivity contribution in [2.45, 2.75) is 38.1 Å². The summed E-state index contributed by atoms with van der Waals surface area (Å²) in [4.78, 5) is 17.2. The largest absolute Gasteiger partial charge is 0.338 e. The lowest BCUT2D eigenvalue weighted by Crippen LogP contribution is -2.52. The number of rotatable bonds is 3. The van der Waals surface area contributed by atoms with Gasteiger partial charge in [-0.2, -0.15) is 4.31 Å². The Labute approximate surface area is 145 Å². The van der Waals surface area contributed by atoms with Crippen LogP contribution in [0.15, 0.2) is 0 Å². The molecule has 0 radical (unpaired) electrons. The third-order valence-electron chi connectivity index (χ3n) is 6.59. The molecule has 3 aliphatic heterocycles. The monoisotopic (exact) mass is 355 g/mol. The molecular formula is C17H29N3O3S. The first kappa shape index (κ1) is 16.8. The van der Waals surface area contributed by atoms with Crippen molar-refractivity contribution in [1.29, 1.82) is 0 Å². The lowest BCUT2D eigenvalue weighted by atomic mass is 9.68. The van der Waals surface area contributed by atoms with Crippen molar-refractivity contribution in [2.24, 2.45) is 17.8 Å². The zero-order chi connectivity index (χ0) is 16.9. The first-order chi connectivity index (χ1) is 11.4. The zero-order valence-electron chi connectivity index (χ0n) is 14.6. The second-order valence-electron chi connectivity index (χ2n) is 8.41. The number of sulfonamides is 1. The number of amides is 1. The Kier molecular flexibility index (Phi) is 4.37. The molecule has 0 aromatic rings. The molecule has 3 heterocycles. The zero-order valence-corrected chi connectivity index (χ0v) is 15.4. The van der Waals surface area contributed by atoms with E-state index in [1.165, 1.54) is 42.7 Å². The van der Waals surface area contributed by atoms with Crippen LogP contribution >= 0.6 is 0 Å². The molecule has 1 amide bonds. The van der Waals surface area contributed by atoms with Crippen LogP contribution in [0.5, 0.6) is 0 Å². The average molecular weight is 356 g/mol. The Hall–Kier alpha value is -0.660. The molecule has 24 heavy (non-hydrogen) atoms. The number of piperazine rings is 1. The Morgan fingerprint density at radius 1 is 0.917 bits per heavy atom. The number of fused-ring (bicyclic) bond motifs is 1. The smallest absolute Gasteiger partial charge is 0.237 e. The molecule has 4 bridgehead atoms. The second-order valence-corrected chi connectivity index (χ2v) is 10.4. The molecule has 7 heteroatoms. The van der Waals surface area contributed by atoms with Gasteiger partial charge in [0.15, 0.2) is 0 Å². The molecule has 2 unspecified atom stereocenters. The molecule has 0 aromatic heterocycles. The van der Waals surface area contributed by atoms with Crippen LogP contribution in [0, 0.1) is 17.8 Å². The summed E-state index contributed by atoms with van der Waals surface area (Å²) in [6.45, 7) is 3.73. The minimum atomic E-state index is -3.10. The number of hydrogen-bond donors (Lipinski definition) is 0. The van der Waals surface area contributed by atoms with Crippen molar-refractivity contribution in [2.75, 3.05) is 45.5 Å². The van der Waals surface area contributed by atoms with Crippen molar-refractivity contribution < 1.29 is 13.2 Å². The van der Waals surface area contributed by atoms with Crippen molar-refractivity contribution in [1.82, 2.24) is 14.1 Å². The maximum atomic E-state index is 12.9. The molecule has 5 rings (SSSR count). The highest BCUT2D eigenvalue weighted by atomic mass is 32.2. The van der Waals surface area contributed by atoms with Crippen molar-refractivity contribution in [3.63, 3.8) is 0 Å². The van der Waals surface area contributed by atoms with Crippen LogP contribution in [0.3, 0.4) is 0 Å². The van der Waals surface area contributed by atoms with Gasteiger partial charge in [0.1, 0.15) is 0 Å². The third-order valence-corrected chi connectivity index (χ3v) is 7.89. The topological polar surface area (TPSA) is 60.9 Å². The Balaban J connectivity index is 1.35. The highest BCUT2D eigenvalue weighted by molar-refractivity contribution is 7.88. The van der Waals surface area contributed by atoms with Gasteiger partial charge in [0.05, 0.1) is 12.8 Å². The standard InChI is InChI=1S/C17H29N3O3S/c1-24(22,23)19-4-2-18(3-5-19)12-17(21)20-11-15-7-13-6-14(8-15)10-16(20)9-13/h13-16H,2-12H2,1H3. The summed E-state index contributed by atoms with van der Waals surface area (Å²) in [5.74, 6) is 2.68. The average Bonchev–Trinajstić information content (AvgIpc) is 2.70. The molecule has 2 atom stereocenters. The molecule has 6 nitrogen and oxygen atoms in total. The van der Waals surface area contributed by atoms with Crippen molar-refractivity contribution >= 4 is 15.9 Å². The summed E-state index contributed by atoms with van der Waals surface area (Å²) < 4.78 is 24.7. The first-order valence-corrected chi connectivity index (χ1v) is 11.2. The van der Waals surface area contributed by atoms with Crippen LogP contribution in [0.2, 0.25) is 0 Å². The van der Waals surface area contributed by atoms with Gasteiger partial charge in [-0.1, -0.05) is 0 Å². The fraction of sp³-hybridized carbons (Fsp3) is 0.941. The summed E-state index contributed by atoms with van der Waals surface area (Å²) in [6.07, 6.45) is 7.72. The molecule has 5 fully saturated rings. The highest BCUT2D eigenvalue weighted by Gasteiger charge is 2.44. The summed E-state index contributed by atoms with van der Waals surface area (Å²) in [5, 5.41) is 0. The van der Waals surface area contributed by atoms with Gasteiger partial charge in [0, 0.05) is 38.8 Å². The van der Waals surface area contributed by atoms with Crippen LogP contribution in [-0.4, -0.2) is 80.0 Å². The van der Waals surface area contributed by atoms with E-state index < -0.39 is 10.0 Å². The normalized spacial score (nSPS) is 37.6. The van der Waals surface area contributed by atoms with E-state index in [1.807, 2.05) is 0 Å². The Morgan fingerprint density at radius 2 is 1.50 bits per heavy atom. The van der Waals surface area contributed by atoms with E-state index in [9.17, 15) is 13.2 Å². The fourth-order valence-electron chi connectivity index (χ4n) is 5.59. The van der Waals surface area contributed by atoms with Gasteiger partial charge in [0.2, 0.25) is 15.9 Å². The van der Waals surface area contributed by atoms with Gasteiger partial charge < -0.3 is 4.90 Å². The van der Waals surface area contributed by atoms with E-state index in [4.69, 9.17) is 0 Å². The van der Waals surface area contributed by atoms with E-state index in [0.717, 1.165) is 18.4 Å². The second kappa shape index (κ2) is 6.25. The quantitative estimate of drug-likeness (QED) is 0.744. The molecule has 0 N–H and O–H groups in total. The SMILES string of the molecule is CS(=O)(=O)N1CCN(CC(=O)N2CC3CC4CC(C3)CC2C4)CC1. The van der Waals surface area contributed by atoms with E-state index in [2.05, 4.69) is 9.80 Å². The van der Waals surface area contributed by atoms with Crippen LogP contribution in [0.4, 0.5) is 0 Å². The molecule has 136 valence electrons. The van der Waals surface area contributed by atoms with Crippen LogP contribution < -0.4 is 0 Å². The fourth-order valence-corrected chi connectivity index (χ4v) is 6.42. The van der Waals surface area contributed by atoms with Gasteiger partial charge in [-0.05, 0) is 49.9 Å². The van der Waals surface area contributed by atoms with E-state index >= 15 is 0 Å². The lowest BCUT2D eigenvalue weighted by molar-refractivity contribution is -0.135. The Morgan fingerprint density at radius 3 is 2.08 bits per heavy atom. The van der Waals surface area contributed by atoms with Gasteiger partial charge in [-0.25, -0.2) is 8.42 Å². The molecule has 5 aliphatic rings. The minimum Gasteiger partial charge on any atom is -0.338 e. The van der Waals surface area contributed by atoms with Gasteiger partial charge in [0.25, 0.3) is 0 Å². The van der Waals surface area contributed by atoms with Gasteiger partial charge in [-0.15, -0.1) is 0 Å². The number of nitrogens with zero attached hydrogens (tertiary/aromatic N) is 3. The first-order valence-electron chi connectivity index (χ1n) is 9.35. The summed E-state index contributed by atoms with van der Waals surface area (Å²) in [5.41, 5.74) is 0. The van der Waals surface area contributed by atoms with Gasteiger partial charge in [-0.3, -0.25) is 9.69 Å². The predicted octanol–water partition coefficient (Wildman–Crippen LogP) is 0.601. The van der Waals surface area contributed by atoms with E-state index in [-0.39, 0.29) is 5.91 Å². The van der Waals surface area contributed by atoms with Gasteiger partial charge >= 0.3 is 0 Å². The summed E-state index contributed by atoms with van der Waals surface area (Å²) in [7, 11) is -3.10. The molecule has 3 saturated heterocycles.